The third-order valence-corrected chi connectivity index (χ3v) is 4.18. The number of rotatable bonds is 0. The number of hydrogen-bond acceptors (Lipinski definition) is 4. The van der Waals surface area contributed by atoms with E-state index in [2.05, 4.69) is 11.2 Å². The number of nitrogens with zero attached hydrogens (tertiary/aromatic N) is 1. The predicted octanol–water partition coefficient (Wildman–Crippen LogP) is 4.31. The molecule has 3 rings (SSSR count). The van der Waals surface area contributed by atoms with Crippen LogP contribution in [0.5, 0.6) is 5.75 Å². The maximum atomic E-state index is 12.5. The number of nitrogens with one attached hydrogen (secondary N) is 1. The van der Waals surface area contributed by atoms with Gasteiger partial charge < -0.3 is 19.7 Å². The maximum Gasteiger partial charge on any atom is 0.410 e. The third-order valence-electron chi connectivity index (χ3n) is 4.18. The number of likely N-dealkylation sites (tertiary alicyclic amines) is 1. The lowest BCUT2D eigenvalue weighted by Gasteiger charge is -2.32. The summed E-state index contributed by atoms with van der Waals surface area (Å²) in [4.78, 5) is 26.3. The summed E-state index contributed by atoms with van der Waals surface area (Å²) in [5.41, 5.74) is 1.47. The molecule has 0 bridgehead atoms. The number of amides is 2. The van der Waals surface area contributed by atoms with E-state index in [9.17, 15) is 9.59 Å². The average Bonchev–Trinajstić information content (AvgIpc) is 2.67. The number of ether oxygens (including phenoxy) is 2. The smallest absolute Gasteiger partial charge is 0.410 e. The van der Waals surface area contributed by atoms with E-state index in [0.29, 0.717) is 48.7 Å². The van der Waals surface area contributed by atoms with Crippen molar-refractivity contribution in [2.24, 2.45) is 0 Å². The summed E-state index contributed by atoms with van der Waals surface area (Å²) >= 11 is 0. The molecule has 6 heteroatoms. The van der Waals surface area contributed by atoms with Gasteiger partial charge in [-0.1, -0.05) is 25.8 Å². The van der Waals surface area contributed by atoms with Crippen LogP contribution in [0.2, 0.25) is 0 Å². The van der Waals surface area contributed by atoms with Gasteiger partial charge in [0.2, 0.25) is 0 Å². The molecule has 0 radical (unpaired) electrons. The van der Waals surface area contributed by atoms with Crippen molar-refractivity contribution in [3.63, 3.8) is 0 Å². The van der Waals surface area contributed by atoms with E-state index in [0.717, 1.165) is 5.57 Å². The van der Waals surface area contributed by atoms with Crippen LogP contribution >= 0.6 is 0 Å². The molecule has 1 aromatic carbocycles. The molecule has 2 heterocycles. The van der Waals surface area contributed by atoms with Gasteiger partial charge in [0.05, 0.1) is 5.56 Å². The third kappa shape index (κ3) is 4.86. The fourth-order valence-electron chi connectivity index (χ4n) is 2.94. The van der Waals surface area contributed by atoms with E-state index in [1.165, 1.54) is 0 Å². The average molecular weight is 384 g/mol. The number of hydrogen-bond donors (Lipinski definition) is 1. The highest BCUT2D eigenvalue weighted by atomic mass is 16.6. The molecule has 1 saturated heterocycles. The first-order valence-corrected chi connectivity index (χ1v) is 9.57. The Morgan fingerprint density at radius 2 is 1.89 bits per heavy atom. The lowest BCUT2D eigenvalue weighted by Crippen LogP contribution is -2.41. The number of carbonyl (C=O) groups excluding carboxylic acids is 2. The molecule has 2 aliphatic rings. The van der Waals surface area contributed by atoms with Crippen molar-refractivity contribution in [2.75, 3.05) is 18.4 Å². The van der Waals surface area contributed by atoms with Crippen LogP contribution in [0.15, 0.2) is 29.5 Å². The van der Waals surface area contributed by atoms with Crippen LogP contribution in [-0.2, 0) is 9.53 Å². The highest BCUT2D eigenvalue weighted by Crippen LogP contribution is 2.35. The van der Waals surface area contributed by atoms with Gasteiger partial charge in [-0.15, -0.1) is 6.42 Å². The zero-order valence-corrected chi connectivity index (χ0v) is 17.2. The van der Waals surface area contributed by atoms with Crippen LogP contribution in [-0.4, -0.2) is 35.6 Å². The number of anilines is 1. The molecule has 2 aliphatic heterocycles. The minimum atomic E-state index is -0.527. The summed E-state index contributed by atoms with van der Waals surface area (Å²) in [7, 11) is 0. The van der Waals surface area contributed by atoms with Crippen LogP contribution < -0.4 is 10.1 Å². The standard InChI is InChI=1S/C20H22N2O4.C2H6/c1-5-13-7-6-8-15-16(13)21-18(23)17(25-15)14-9-11-22(12-10-14)19(24)26-20(2,3)4;1-2/h1,6-8H,9-12H2,2-4H3,(H,21,23);1-2H3. The fraction of sp³-hybridized carbons (Fsp3) is 0.455. The Bertz CT molecular complexity index is 818. The predicted molar refractivity (Wildman–Crippen MR) is 109 cm³/mol. The van der Waals surface area contributed by atoms with Gasteiger partial charge in [-0.05, 0) is 51.3 Å². The van der Waals surface area contributed by atoms with Crippen LogP contribution in [0.3, 0.4) is 0 Å². The summed E-state index contributed by atoms with van der Waals surface area (Å²) in [6, 6.07) is 5.31. The number of piperidine rings is 1. The lowest BCUT2D eigenvalue weighted by atomic mass is 10.0. The first-order valence-electron chi connectivity index (χ1n) is 9.57. The molecule has 0 atom stereocenters. The fourth-order valence-corrected chi connectivity index (χ4v) is 2.94. The summed E-state index contributed by atoms with van der Waals surface area (Å²) in [6.07, 6.45) is 6.26. The van der Waals surface area contributed by atoms with Gasteiger partial charge >= 0.3 is 6.09 Å². The van der Waals surface area contributed by atoms with Gasteiger partial charge in [0.1, 0.15) is 11.3 Å². The molecule has 1 N–H and O–H groups in total. The molecule has 150 valence electrons. The number of para-hydroxylation sites is 1. The van der Waals surface area contributed by atoms with Crippen LogP contribution in [0.25, 0.3) is 0 Å². The molecule has 0 unspecified atom stereocenters. The van der Waals surface area contributed by atoms with Crippen molar-refractivity contribution in [3.05, 3.63) is 35.1 Å². The van der Waals surface area contributed by atoms with Gasteiger partial charge in [-0.2, -0.15) is 0 Å². The van der Waals surface area contributed by atoms with Crippen molar-refractivity contribution in [1.29, 1.82) is 0 Å². The summed E-state index contributed by atoms with van der Waals surface area (Å²) in [5.74, 6) is 3.07. The first kappa shape index (κ1) is 21.4. The molecular formula is C22H28N2O4. The Morgan fingerprint density at radius 3 is 2.46 bits per heavy atom. The monoisotopic (exact) mass is 384 g/mol. The van der Waals surface area contributed by atoms with E-state index >= 15 is 0 Å². The number of benzene rings is 1. The van der Waals surface area contributed by atoms with Crippen LogP contribution in [0.4, 0.5) is 10.5 Å². The minimum absolute atomic E-state index is 0.301. The van der Waals surface area contributed by atoms with E-state index in [4.69, 9.17) is 15.9 Å². The molecule has 6 nitrogen and oxygen atoms in total. The van der Waals surface area contributed by atoms with Gasteiger partial charge in [0.25, 0.3) is 5.91 Å². The lowest BCUT2D eigenvalue weighted by molar-refractivity contribution is -0.115. The van der Waals surface area contributed by atoms with Gasteiger partial charge in [-0.25, -0.2) is 4.79 Å². The van der Waals surface area contributed by atoms with Crippen molar-refractivity contribution >= 4 is 17.7 Å². The highest BCUT2D eigenvalue weighted by Gasteiger charge is 2.30. The molecule has 28 heavy (non-hydrogen) atoms. The Balaban J connectivity index is 0.00000136. The SMILES string of the molecule is C#Cc1cccc2c1NC(=O)C(=C1CCN(C(=O)OC(C)(C)C)CC1)O2.CC. The molecular weight excluding hydrogens is 356 g/mol. The molecule has 1 fully saturated rings. The molecule has 0 spiro atoms. The molecule has 0 aromatic heterocycles. The Kier molecular flexibility index (Phi) is 6.74. The zero-order chi connectivity index (χ0) is 20.9. The molecule has 0 saturated carbocycles. The number of fused-ring (bicyclic) bond motifs is 1. The van der Waals surface area contributed by atoms with Crippen molar-refractivity contribution in [1.82, 2.24) is 4.90 Å². The molecule has 2 amide bonds. The molecule has 0 aliphatic carbocycles. The summed E-state index contributed by atoms with van der Waals surface area (Å²) < 4.78 is 11.2. The Hall–Kier alpha value is -2.94. The Labute approximate surface area is 166 Å². The van der Waals surface area contributed by atoms with Crippen molar-refractivity contribution < 1.29 is 19.1 Å². The summed E-state index contributed by atoms with van der Waals surface area (Å²) in [6.45, 7) is 10.5. The van der Waals surface area contributed by atoms with Gasteiger partial charge in [0.15, 0.2) is 11.5 Å². The summed E-state index contributed by atoms with van der Waals surface area (Å²) in [5, 5.41) is 2.82. The first-order chi connectivity index (χ1) is 13.3. The van der Waals surface area contributed by atoms with Crippen molar-refractivity contribution in [2.45, 2.75) is 53.1 Å². The van der Waals surface area contributed by atoms with Gasteiger partial charge in [0, 0.05) is 13.1 Å². The number of carbonyl (C=O) groups is 2. The molecule has 1 aromatic rings. The van der Waals surface area contributed by atoms with E-state index < -0.39 is 5.60 Å². The quantitative estimate of drug-likeness (QED) is 0.535. The second-order valence-electron chi connectivity index (χ2n) is 7.28. The van der Waals surface area contributed by atoms with Crippen molar-refractivity contribution in [3.8, 4) is 18.1 Å². The maximum absolute atomic E-state index is 12.5. The van der Waals surface area contributed by atoms with Gasteiger partial charge in [-0.3, -0.25) is 4.79 Å². The van der Waals surface area contributed by atoms with Crippen LogP contribution in [0.1, 0.15) is 53.0 Å². The highest BCUT2D eigenvalue weighted by molar-refractivity contribution is 6.07. The van der Waals surface area contributed by atoms with E-state index in [-0.39, 0.29) is 12.0 Å². The minimum Gasteiger partial charge on any atom is -0.449 e. The van der Waals surface area contributed by atoms with E-state index in [1.807, 2.05) is 34.6 Å². The topological polar surface area (TPSA) is 67.9 Å². The second kappa shape index (κ2) is 8.83. The number of terminal acetylenes is 1. The second-order valence-corrected chi connectivity index (χ2v) is 7.28. The van der Waals surface area contributed by atoms with E-state index in [1.54, 1.807) is 23.1 Å². The largest absolute Gasteiger partial charge is 0.449 e. The van der Waals surface area contributed by atoms with Crippen LogP contribution in [0, 0.1) is 12.3 Å². The normalized spacial score (nSPS) is 16.0. The Morgan fingerprint density at radius 1 is 1.25 bits per heavy atom. The zero-order valence-electron chi connectivity index (χ0n) is 17.2.